The van der Waals surface area contributed by atoms with E-state index in [-0.39, 0.29) is 5.56 Å². The third-order valence-electron chi connectivity index (χ3n) is 1.50. The van der Waals surface area contributed by atoms with Crippen molar-refractivity contribution in [2.24, 2.45) is 0 Å². The molecule has 0 spiro atoms. The second-order valence-corrected chi connectivity index (χ2v) is 3.83. The van der Waals surface area contributed by atoms with Crippen LogP contribution in [0.1, 0.15) is 10.4 Å². The molecule has 0 aromatic heterocycles. The molecule has 74 valence electrons. The van der Waals surface area contributed by atoms with Crippen molar-refractivity contribution in [1.29, 1.82) is 0 Å². The van der Waals surface area contributed by atoms with Gasteiger partial charge in [0.05, 0.1) is 7.11 Å². The lowest BCUT2D eigenvalue weighted by Gasteiger charge is -2.00. The number of benzene rings is 1. The molecule has 0 aliphatic heterocycles. The van der Waals surface area contributed by atoms with Gasteiger partial charge in [-0.05, 0) is 18.2 Å². The standard InChI is InChI=1S/C9H6BrClO3/c1-14-9(13)8(12)5-2-6(10)4-7(11)3-5/h2-4H,1H3. The summed E-state index contributed by atoms with van der Waals surface area (Å²) in [5.74, 6) is -1.62. The van der Waals surface area contributed by atoms with Gasteiger partial charge in [0.2, 0.25) is 0 Å². The summed E-state index contributed by atoms with van der Waals surface area (Å²) >= 11 is 8.87. The third kappa shape index (κ3) is 2.56. The first-order valence-electron chi connectivity index (χ1n) is 3.63. The van der Waals surface area contributed by atoms with Crippen molar-refractivity contribution in [2.45, 2.75) is 0 Å². The van der Waals surface area contributed by atoms with Crippen LogP contribution in [0.2, 0.25) is 5.02 Å². The lowest BCUT2D eigenvalue weighted by Crippen LogP contribution is -2.15. The Bertz CT molecular complexity index is 369. The molecule has 0 saturated carbocycles. The van der Waals surface area contributed by atoms with Crippen molar-refractivity contribution < 1.29 is 14.3 Å². The van der Waals surface area contributed by atoms with E-state index in [0.29, 0.717) is 9.50 Å². The van der Waals surface area contributed by atoms with E-state index in [2.05, 4.69) is 20.7 Å². The molecule has 3 nitrogen and oxygen atoms in total. The quantitative estimate of drug-likeness (QED) is 0.474. The maximum atomic E-state index is 11.3. The smallest absolute Gasteiger partial charge is 0.379 e. The summed E-state index contributed by atoms with van der Waals surface area (Å²) in [4.78, 5) is 22.2. The summed E-state index contributed by atoms with van der Waals surface area (Å²) in [5, 5.41) is 0.381. The second kappa shape index (κ2) is 4.57. The fourth-order valence-electron chi connectivity index (χ4n) is 0.895. The first-order valence-corrected chi connectivity index (χ1v) is 4.80. The van der Waals surface area contributed by atoms with Crippen LogP contribution in [0.4, 0.5) is 0 Å². The Labute approximate surface area is 94.1 Å². The molecule has 0 aliphatic carbocycles. The van der Waals surface area contributed by atoms with E-state index in [9.17, 15) is 9.59 Å². The van der Waals surface area contributed by atoms with E-state index in [1.54, 1.807) is 6.07 Å². The summed E-state index contributed by atoms with van der Waals surface area (Å²) in [6.45, 7) is 0. The van der Waals surface area contributed by atoms with Crippen molar-refractivity contribution in [1.82, 2.24) is 0 Å². The molecule has 0 N–H and O–H groups in total. The highest BCUT2D eigenvalue weighted by atomic mass is 79.9. The van der Waals surface area contributed by atoms with Gasteiger partial charge in [0.25, 0.3) is 5.78 Å². The van der Waals surface area contributed by atoms with Crippen molar-refractivity contribution in [3.8, 4) is 0 Å². The molecule has 0 saturated heterocycles. The van der Waals surface area contributed by atoms with Crippen LogP contribution in [0.25, 0.3) is 0 Å². The predicted molar refractivity (Wildman–Crippen MR) is 55.5 cm³/mol. The minimum atomic E-state index is -0.904. The first kappa shape index (κ1) is 11.2. The summed E-state index contributed by atoms with van der Waals surface area (Å²) in [6, 6.07) is 4.53. The van der Waals surface area contributed by atoms with Gasteiger partial charge in [-0.2, -0.15) is 0 Å². The molecule has 0 fully saturated rings. The van der Waals surface area contributed by atoms with Gasteiger partial charge < -0.3 is 4.74 Å². The number of carbonyl (C=O) groups excluding carboxylic acids is 2. The lowest BCUT2D eigenvalue weighted by atomic mass is 10.1. The van der Waals surface area contributed by atoms with Gasteiger partial charge in [0.1, 0.15) is 0 Å². The van der Waals surface area contributed by atoms with Gasteiger partial charge in [0.15, 0.2) is 0 Å². The molecule has 0 radical (unpaired) electrons. The number of carbonyl (C=O) groups is 2. The van der Waals surface area contributed by atoms with Crippen LogP contribution in [0.5, 0.6) is 0 Å². The minimum absolute atomic E-state index is 0.205. The fourth-order valence-corrected chi connectivity index (χ4v) is 1.76. The molecular weight excluding hydrogens is 271 g/mol. The molecule has 0 amide bonds. The topological polar surface area (TPSA) is 43.4 Å². The van der Waals surface area contributed by atoms with Crippen LogP contribution >= 0.6 is 27.5 Å². The Morgan fingerprint density at radius 2 is 2.00 bits per heavy atom. The Morgan fingerprint density at radius 1 is 1.36 bits per heavy atom. The molecule has 0 atom stereocenters. The molecular formula is C9H6BrClO3. The van der Waals surface area contributed by atoms with E-state index in [0.717, 1.165) is 7.11 Å². The van der Waals surface area contributed by atoms with E-state index in [1.165, 1.54) is 12.1 Å². The Morgan fingerprint density at radius 3 is 2.50 bits per heavy atom. The predicted octanol–water partition coefficient (Wildman–Crippen LogP) is 2.46. The zero-order valence-corrected chi connectivity index (χ0v) is 9.55. The summed E-state index contributed by atoms with van der Waals surface area (Å²) < 4.78 is 4.94. The highest BCUT2D eigenvalue weighted by Gasteiger charge is 2.17. The Hall–Kier alpha value is -0.870. The largest absolute Gasteiger partial charge is 0.463 e. The molecule has 0 unspecified atom stereocenters. The van der Waals surface area contributed by atoms with E-state index in [4.69, 9.17) is 11.6 Å². The number of ether oxygens (including phenoxy) is 1. The summed E-state index contributed by atoms with van der Waals surface area (Å²) in [6.07, 6.45) is 0. The molecule has 5 heteroatoms. The van der Waals surface area contributed by atoms with Gasteiger partial charge in [-0.3, -0.25) is 4.79 Å². The number of rotatable bonds is 2. The van der Waals surface area contributed by atoms with E-state index >= 15 is 0 Å². The average Bonchev–Trinajstić information content (AvgIpc) is 2.14. The van der Waals surface area contributed by atoms with Crippen molar-refractivity contribution in [3.05, 3.63) is 33.3 Å². The number of halogens is 2. The normalized spacial score (nSPS) is 9.64. The molecule has 0 heterocycles. The number of hydrogen-bond donors (Lipinski definition) is 0. The Balaban J connectivity index is 3.07. The number of Topliss-reactive ketones (excluding diaryl/α,β-unsaturated/α-hetero) is 1. The SMILES string of the molecule is COC(=O)C(=O)c1cc(Cl)cc(Br)c1. The van der Waals surface area contributed by atoms with Crippen molar-refractivity contribution in [3.63, 3.8) is 0 Å². The first-order chi connectivity index (χ1) is 6.54. The lowest BCUT2D eigenvalue weighted by molar-refractivity contribution is -0.135. The summed E-state index contributed by atoms with van der Waals surface area (Å²) in [5.41, 5.74) is 0.205. The average molecular weight is 278 g/mol. The van der Waals surface area contributed by atoms with Gasteiger partial charge in [-0.25, -0.2) is 4.79 Å². The zero-order chi connectivity index (χ0) is 10.7. The van der Waals surface area contributed by atoms with Crippen molar-refractivity contribution >= 4 is 39.3 Å². The van der Waals surface area contributed by atoms with Gasteiger partial charge in [-0.1, -0.05) is 27.5 Å². The number of methoxy groups -OCH3 is 1. The molecule has 1 aromatic rings. The van der Waals surface area contributed by atoms with Crippen LogP contribution in [0.15, 0.2) is 22.7 Å². The van der Waals surface area contributed by atoms with E-state index < -0.39 is 11.8 Å². The Kier molecular flexibility index (Phi) is 3.66. The highest BCUT2D eigenvalue weighted by molar-refractivity contribution is 9.10. The minimum Gasteiger partial charge on any atom is -0.463 e. The molecule has 14 heavy (non-hydrogen) atoms. The number of esters is 1. The van der Waals surface area contributed by atoms with Crippen LogP contribution in [-0.2, 0) is 9.53 Å². The van der Waals surface area contributed by atoms with Gasteiger partial charge >= 0.3 is 5.97 Å². The second-order valence-electron chi connectivity index (χ2n) is 2.48. The molecule has 0 bridgehead atoms. The zero-order valence-electron chi connectivity index (χ0n) is 7.21. The molecule has 1 rings (SSSR count). The molecule has 1 aromatic carbocycles. The number of hydrogen-bond acceptors (Lipinski definition) is 3. The van der Waals surface area contributed by atoms with Gasteiger partial charge in [0, 0.05) is 15.1 Å². The number of ketones is 1. The van der Waals surface area contributed by atoms with Crippen LogP contribution in [0.3, 0.4) is 0 Å². The van der Waals surface area contributed by atoms with E-state index in [1.807, 2.05) is 0 Å². The van der Waals surface area contributed by atoms with Crippen LogP contribution in [0, 0.1) is 0 Å². The highest BCUT2D eigenvalue weighted by Crippen LogP contribution is 2.20. The monoisotopic (exact) mass is 276 g/mol. The fraction of sp³-hybridized carbons (Fsp3) is 0.111. The van der Waals surface area contributed by atoms with Crippen molar-refractivity contribution in [2.75, 3.05) is 7.11 Å². The van der Waals surface area contributed by atoms with Crippen LogP contribution in [-0.4, -0.2) is 18.9 Å². The molecule has 0 aliphatic rings. The summed E-state index contributed by atoms with van der Waals surface area (Å²) in [7, 11) is 1.15. The third-order valence-corrected chi connectivity index (χ3v) is 2.17. The van der Waals surface area contributed by atoms with Crippen LogP contribution < -0.4 is 0 Å². The maximum Gasteiger partial charge on any atom is 0.379 e. The van der Waals surface area contributed by atoms with Gasteiger partial charge in [-0.15, -0.1) is 0 Å². The maximum absolute atomic E-state index is 11.3.